The standard InChI is InChI=1S/C5H13NO2/c1-6-3-4-8-5-7-2/h6H,3-5H2,1-2H3. The monoisotopic (exact) mass is 119 g/mol. The van der Waals surface area contributed by atoms with Crippen molar-refractivity contribution in [3.63, 3.8) is 0 Å². The van der Waals surface area contributed by atoms with Crippen molar-refractivity contribution in [1.82, 2.24) is 5.32 Å². The summed E-state index contributed by atoms with van der Waals surface area (Å²) in [7, 11) is 3.50. The van der Waals surface area contributed by atoms with Crippen LogP contribution in [0.4, 0.5) is 0 Å². The number of hydrogen-bond donors (Lipinski definition) is 1. The van der Waals surface area contributed by atoms with Crippen molar-refractivity contribution < 1.29 is 9.47 Å². The van der Waals surface area contributed by atoms with Gasteiger partial charge in [-0.3, -0.25) is 0 Å². The molecular weight excluding hydrogens is 106 g/mol. The summed E-state index contributed by atoms with van der Waals surface area (Å²) < 4.78 is 9.58. The molecule has 0 radical (unpaired) electrons. The molecular formula is C5H13NO2. The fraction of sp³-hybridized carbons (Fsp3) is 1.00. The maximum Gasteiger partial charge on any atom is 0.146 e. The molecule has 0 atom stereocenters. The molecule has 0 amide bonds. The molecule has 3 nitrogen and oxygen atoms in total. The Morgan fingerprint density at radius 1 is 1.50 bits per heavy atom. The van der Waals surface area contributed by atoms with Gasteiger partial charge in [0, 0.05) is 13.7 Å². The minimum atomic E-state index is 0.391. The van der Waals surface area contributed by atoms with Gasteiger partial charge in [-0.1, -0.05) is 0 Å². The zero-order valence-electron chi connectivity index (χ0n) is 5.44. The van der Waals surface area contributed by atoms with Crippen LogP contribution in [0.15, 0.2) is 0 Å². The molecule has 50 valence electrons. The van der Waals surface area contributed by atoms with E-state index in [0.29, 0.717) is 13.4 Å². The second-order valence-electron chi connectivity index (χ2n) is 1.42. The highest BCUT2D eigenvalue weighted by atomic mass is 16.7. The fourth-order valence-electron chi connectivity index (χ4n) is 0.316. The minimum absolute atomic E-state index is 0.391. The third-order valence-electron chi connectivity index (χ3n) is 0.698. The Balaban J connectivity index is 2.53. The van der Waals surface area contributed by atoms with Crippen LogP contribution in [0, 0.1) is 0 Å². The molecule has 8 heavy (non-hydrogen) atoms. The topological polar surface area (TPSA) is 30.5 Å². The lowest BCUT2D eigenvalue weighted by Crippen LogP contribution is -2.14. The van der Waals surface area contributed by atoms with Crippen LogP contribution in [-0.4, -0.2) is 34.1 Å². The molecule has 0 bridgehead atoms. The van der Waals surface area contributed by atoms with E-state index in [1.54, 1.807) is 7.11 Å². The van der Waals surface area contributed by atoms with Crippen LogP contribution >= 0.6 is 0 Å². The lowest BCUT2D eigenvalue weighted by molar-refractivity contribution is -0.0285. The predicted octanol–water partition coefficient (Wildman–Crippen LogP) is -0.174. The predicted molar refractivity (Wildman–Crippen MR) is 31.8 cm³/mol. The van der Waals surface area contributed by atoms with Gasteiger partial charge in [0.1, 0.15) is 6.79 Å². The van der Waals surface area contributed by atoms with E-state index in [-0.39, 0.29) is 0 Å². The van der Waals surface area contributed by atoms with Gasteiger partial charge in [0.15, 0.2) is 0 Å². The number of ether oxygens (including phenoxy) is 2. The lowest BCUT2D eigenvalue weighted by atomic mass is 10.7. The third kappa shape index (κ3) is 5.88. The molecule has 0 saturated carbocycles. The first-order chi connectivity index (χ1) is 3.91. The number of nitrogens with one attached hydrogen (secondary N) is 1. The number of likely N-dealkylation sites (N-methyl/N-ethyl adjacent to an activating group) is 1. The summed E-state index contributed by atoms with van der Waals surface area (Å²) in [4.78, 5) is 0. The van der Waals surface area contributed by atoms with E-state index in [4.69, 9.17) is 4.74 Å². The largest absolute Gasteiger partial charge is 0.359 e. The molecule has 0 aliphatic rings. The molecule has 0 heterocycles. The Kier molecular flexibility index (Phi) is 6.78. The maximum absolute atomic E-state index is 4.94. The number of methoxy groups -OCH3 is 1. The van der Waals surface area contributed by atoms with Gasteiger partial charge >= 0.3 is 0 Å². The fourth-order valence-corrected chi connectivity index (χ4v) is 0.316. The molecule has 0 aromatic rings. The molecule has 0 aromatic carbocycles. The normalized spacial score (nSPS) is 9.75. The molecule has 3 heteroatoms. The van der Waals surface area contributed by atoms with E-state index in [9.17, 15) is 0 Å². The van der Waals surface area contributed by atoms with Gasteiger partial charge in [0.05, 0.1) is 6.61 Å². The first kappa shape index (κ1) is 7.88. The molecule has 0 spiro atoms. The quantitative estimate of drug-likeness (QED) is 0.402. The van der Waals surface area contributed by atoms with Crippen LogP contribution in [-0.2, 0) is 9.47 Å². The highest BCUT2D eigenvalue weighted by Gasteiger charge is 1.80. The van der Waals surface area contributed by atoms with Gasteiger partial charge in [0.2, 0.25) is 0 Å². The maximum atomic E-state index is 4.94. The van der Waals surface area contributed by atoms with Crippen molar-refractivity contribution in [2.45, 2.75) is 0 Å². The summed E-state index contributed by atoms with van der Waals surface area (Å²) in [6.07, 6.45) is 0. The SMILES string of the molecule is CNCCOCOC. The zero-order chi connectivity index (χ0) is 6.24. The molecule has 0 fully saturated rings. The van der Waals surface area contributed by atoms with E-state index in [1.807, 2.05) is 7.05 Å². The van der Waals surface area contributed by atoms with Crippen LogP contribution in [0.2, 0.25) is 0 Å². The average Bonchev–Trinajstić information content (AvgIpc) is 1.81. The Labute approximate surface area is 50.0 Å². The Morgan fingerprint density at radius 3 is 2.75 bits per heavy atom. The minimum Gasteiger partial charge on any atom is -0.359 e. The van der Waals surface area contributed by atoms with Gasteiger partial charge in [-0.25, -0.2) is 0 Å². The smallest absolute Gasteiger partial charge is 0.146 e. The van der Waals surface area contributed by atoms with Crippen LogP contribution in [0.3, 0.4) is 0 Å². The zero-order valence-corrected chi connectivity index (χ0v) is 5.44. The summed E-state index contributed by atoms with van der Waals surface area (Å²) in [6.45, 7) is 1.98. The van der Waals surface area contributed by atoms with E-state index in [1.165, 1.54) is 0 Å². The van der Waals surface area contributed by atoms with Gasteiger partial charge in [-0.15, -0.1) is 0 Å². The van der Waals surface area contributed by atoms with Gasteiger partial charge in [0.25, 0.3) is 0 Å². The van der Waals surface area contributed by atoms with Crippen LogP contribution in [0.5, 0.6) is 0 Å². The van der Waals surface area contributed by atoms with Crippen molar-refractivity contribution in [3.8, 4) is 0 Å². The lowest BCUT2D eigenvalue weighted by Gasteiger charge is -1.99. The third-order valence-corrected chi connectivity index (χ3v) is 0.698. The second kappa shape index (κ2) is 6.88. The van der Waals surface area contributed by atoms with Crippen molar-refractivity contribution in [2.24, 2.45) is 0 Å². The second-order valence-corrected chi connectivity index (χ2v) is 1.42. The van der Waals surface area contributed by atoms with Gasteiger partial charge in [-0.2, -0.15) is 0 Å². The van der Waals surface area contributed by atoms with Crippen LogP contribution < -0.4 is 5.32 Å². The molecule has 0 unspecified atom stereocenters. The highest BCUT2D eigenvalue weighted by Crippen LogP contribution is 1.70. The molecule has 0 aromatic heterocycles. The van der Waals surface area contributed by atoms with Gasteiger partial charge in [-0.05, 0) is 7.05 Å². The average molecular weight is 119 g/mol. The summed E-state index contributed by atoms with van der Waals surface area (Å²) in [6, 6.07) is 0. The Morgan fingerprint density at radius 2 is 2.25 bits per heavy atom. The molecule has 0 rings (SSSR count). The first-order valence-corrected chi connectivity index (χ1v) is 2.63. The van der Waals surface area contributed by atoms with Crippen LogP contribution in [0.1, 0.15) is 0 Å². The number of hydrogen-bond acceptors (Lipinski definition) is 3. The molecule has 0 aliphatic carbocycles. The van der Waals surface area contributed by atoms with Crippen molar-refractivity contribution in [3.05, 3.63) is 0 Å². The summed E-state index contributed by atoms with van der Waals surface area (Å²) in [5, 5.41) is 2.95. The summed E-state index contributed by atoms with van der Waals surface area (Å²) in [5.74, 6) is 0. The highest BCUT2D eigenvalue weighted by molar-refractivity contribution is 4.31. The Hall–Kier alpha value is -0.120. The molecule has 0 saturated heterocycles. The summed E-state index contributed by atoms with van der Waals surface area (Å²) in [5.41, 5.74) is 0. The molecule has 0 aliphatic heterocycles. The first-order valence-electron chi connectivity index (χ1n) is 2.63. The van der Waals surface area contributed by atoms with Crippen molar-refractivity contribution >= 4 is 0 Å². The Bertz CT molecular complexity index is 35.4. The van der Waals surface area contributed by atoms with Crippen LogP contribution in [0.25, 0.3) is 0 Å². The van der Waals surface area contributed by atoms with E-state index in [0.717, 1.165) is 6.54 Å². The van der Waals surface area contributed by atoms with E-state index < -0.39 is 0 Å². The van der Waals surface area contributed by atoms with Crippen molar-refractivity contribution in [1.29, 1.82) is 0 Å². The van der Waals surface area contributed by atoms with Gasteiger partial charge < -0.3 is 14.8 Å². The number of rotatable bonds is 5. The van der Waals surface area contributed by atoms with Crippen molar-refractivity contribution in [2.75, 3.05) is 34.1 Å². The van der Waals surface area contributed by atoms with E-state index >= 15 is 0 Å². The molecule has 1 N–H and O–H groups in total. The van der Waals surface area contributed by atoms with E-state index in [2.05, 4.69) is 10.1 Å². The summed E-state index contributed by atoms with van der Waals surface area (Å²) >= 11 is 0.